The monoisotopic (exact) mass is 342 g/mol. The predicted octanol–water partition coefficient (Wildman–Crippen LogP) is 3.18. The molecule has 1 aliphatic carbocycles. The summed E-state index contributed by atoms with van der Waals surface area (Å²) in [6.07, 6.45) is 6.97. The molecule has 4 heteroatoms. The number of hydrogen-bond donors (Lipinski definition) is 1. The number of benzene rings is 1. The molecule has 25 heavy (non-hydrogen) atoms. The summed E-state index contributed by atoms with van der Waals surface area (Å²) in [6.45, 7) is 3.75. The molecule has 2 aliphatic heterocycles. The van der Waals surface area contributed by atoms with E-state index >= 15 is 0 Å². The van der Waals surface area contributed by atoms with Gasteiger partial charge in [0.1, 0.15) is 5.75 Å². The van der Waals surface area contributed by atoms with Crippen LogP contribution in [0, 0.1) is 11.3 Å². The lowest BCUT2D eigenvalue weighted by atomic mass is 9.67. The van der Waals surface area contributed by atoms with Crippen molar-refractivity contribution in [2.45, 2.75) is 44.4 Å². The average Bonchev–Trinajstić information content (AvgIpc) is 3.13. The number of carbonyl (C=O) groups is 1. The van der Waals surface area contributed by atoms with Crippen molar-refractivity contribution in [2.24, 2.45) is 11.3 Å². The molecule has 136 valence electrons. The number of fused-ring (bicyclic) bond motifs is 1. The van der Waals surface area contributed by atoms with Gasteiger partial charge in [0.15, 0.2) is 0 Å². The molecule has 2 saturated heterocycles. The summed E-state index contributed by atoms with van der Waals surface area (Å²) < 4.78 is 5.25. The number of amides is 1. The highest BCUT2D eigenvalue weighted by Crippen LogP contribution is 2.45. The van der Waals surface area contributed by atoms with Gasteiger partial charge in [0.05, 0.1) is 12.5 Å². The normalized spacial score (nSPS) is 30.1. The summed E-state index contributed by atoms with van der Waals surface area (Å²) in [4.78, 5) is 15.5. The molecule has 1 N–H and O–H groups in total. The first-order valence-electron chi connectivity index (χ1n) is 9.87. The van der Waals surface area contributed by atoms with Gasteiger partial charge in [-0.15, -0.1) is 0 Å². The Morgan fingerprint density at radius 3 is 2.64 bits per heavy atom. The molecule has 0 unspecified atom stereocenters. The number of piperidine rings is 1. The Bertz CT molecular complexity index is 607. The fourth-order valence-electron chi connectivity index (χ4n) is 5.28. The van der Waals surface area contributed by atoms with E-state index in [9.17, 15) is 4.79 Å². The minimum absolute atomic E-state index is 0.0921. The Hall–Kier alpha value is -1.55. The third-order valence-corrected chi connectivity index (χ3v) is 6.83. The first kappa shape index (κ1) is 16.9. The fourth-order valence-corrected chi connectivity index (χ4v) is 5.28. The van der Waals surface area contributed by atoms with E-state index in [2.05, 4.69) is 22.3 Å². The van der Waals surface area contributed by atoms with Crippen molar-refractivity contribution in [3.8, 4) is 5.75 Å². The van der Waals surface area contributed by atoms with Crippen LogP contribution >= 0.6 is 0 Å². The van der Waals surface area contributed by atoms with Crippen molar-refractivity contribution < 1.29 is 9.53 Å². The maximum absolute atomic E-state index is 13.4. The first-order chi connectivity index (χ1) is 12.2. The molecular weight excluding hydrogens is 312 g/mol. The predicted molar refractivity (Wildman–Crippen MR) is 98.8 cm³/mol. The molecule has 1 saturated carbocycles. The number of rotatable bonds is 3. The van der Waals surface area contributed by atoms with Gasteiger partial charge < -0.3 is 15.0 Å². The largest absolute Gasteiger partial charge is 0.497 e. The van der Waals surface area contributed by atoms with Gasteiger partial charge in [-0.2, -0.15) is 0 Å². The highest BCUT2D eigenvalue weighted by atomic mass is 16.5. The number of ether oxygens (including phenoxy) is 1. The smallest absolute Gasteiger partial charge is 0.230 e. The number of hydrogen-bond acceptors (Lipinski definition) is 3. The van der Waals surface area contributed by atoms with Gasteiger partial charge in [-0.25, -0.2) is 0 Å². The van der Waals surface area contributed by atoms with E-state index in [1.807, 2.05) is 12.1 Å². The molecule has 1 aromatic rings. The first-order valence-corrected chi connectivity index (χ1v) is 9.87. The highest BCUT2D eigenvalue weighted by Gasteiger charge is 2.51. The van der Waals surface area contributed by atoms with Crippen LogP contribution in [-0.4, -0.2) is 44.1 Å². The molecule has 2 atom stereocenters. The van der Waals surface area contributed by atoms with Crippen molar-refractivity contribution in [1.82, 2.24) is 10.2 Å². The van der Waals surface area contributed by atoms with Crippen LogP contribution in [0.4, 0.5) is 0 Å². The van der Waals surface area contributed by atoms with Gasteiger partial charge in [0, 0.05) is 19.6 Å². The van der Waals surface area contributed by atoms with E-state index in [4.69, 9.17) is 4.74 Å². The quantitative estimate of drug-likeness (QED) is 0.917. The summed E-state index contributed by atoms with van der Waals surface area (Å²) in [5.74, 6) is 2.48. The van der Waals surface area contributed by atoms with Crippen LogP contribution in [0.25, 0.3) is 0 Å². The third kappa shape index (κ3) is 3.05. The van der Waals surface area contributed by atoms with Gasteiger partial charge in [-0.1, -0.05) is 25.0 Å². The zero-order valence-corrected chi connectivity index (χ0v) is 15.3. The van der Waals surface area contributed by atoms with Crippen molar-refractivity contribution in [3.05, 3.63) is 29.8 Å². The maximum Gasteiger partial charge on any atom is 0.230 e. The zero-order chi connectivity index (χ0) is 17.3. The number of methoxy groups -OCH3 is 1. The summed E-state index contributed by atoms with van der Waals surface area (Å²) in [5, 5.41) is 3.51. The molecule has 0 spiro atoms. The van der Waals surface area contributed by atoms with Crippen LogP contribution in [0.3, 0.4) is 0 Å². The lowest BCUT2D eigenvalue weighted by Gasteiger charge is -2.43. The number of likely N-dealkylation sites (tertiary alicyclic amines) is 1. The maximum atomic E-state index is 13.4. The van der Waals surface area contributed by atoms with E-state index in [0.29, 0.717) is 17.7 Å². The van der Waals surface area contributed by atoms with E-state index in [-0.39, 0.29) is 5.41 Å². The van der Waals surface area contributed by atoms with Crippen molar-refractivity contribution >= 4 is 5.91 Å². The second-order valence-electron chi connectivity index (χ2n) is 8.07. The van der Waals surface area contributed by atoms with E-state index in [0.717, 1.165) is 51.2 Å². The molecule has 0 aromatic heterocycles. The number of nitrogens with zero attached hydrogens (tertiary/aromatic N) is 1. The van der Waals surface area contributed by atoms with Gasteiger partial charge in [-0.05, 0) is 61.8 Å². The SMILES string of the molecule is COc1ccc(C2CCN(C(=O)[C@@]34CCCC[C@H]3CNC4)CC2)cc1. The molecule has 1 aromatic carbocycles. The van der Waals surface area contributed by atoms with Gasteiger partial charge in [0.2, 0.25) is 5.91 Å². The Morgan fingerprint density at radius 2 is 1.92 bits per heavy atom. The van der Waals surface area contributed by atoms with Gasteiger partial charge >= 0.3 is 0 Å². The van der Waals surface area contributed by atoms with Crippen molar-refractivity contribution in [2.75, 3.05) is 33.3 Å². The third-order valence-electron chi connectivity index (χ3n) is 6.83. The van der Waals surface area contributed by atoms with E-state index in [1.54, 1.807) is 7.11 Å². The molecule has 4 rings (SSSR count). The lowest BCUT2D eigenvalue weighted by Crippen LogP contribution is -2.51. The Kier molecular flexibility index (Phi) is 4.72. The fraction of sp³-hybridized carbons (Fsp3) is 0.667. The minimum atomic E-state index is -0.0921. The molecular formula is C21H30N2O2. The molecule has 4 nitrogen and oxygen atoms in total. The van der Waals surface area contributed by atoms with E-state index < -0.39 is 0 Å². The molecule has 0 radical (unpaired) electrons. The van der Waals surface area contributed by atoms with E-state index in [1.165, 1.54) is 24.8 Å². The molecule has 1 amide bonds. The lowest BCUT2D eigenvalue weighted by molar-refractivity contribution is -0.146. The van der Waals surface area contributed by atoms with Crippen molar-refractivity contribution in [3.63, 3.8) is 0 Å². The van der Waals surface area contributed by atoms with Crippen LogP contribution < -0.4 is 10.1 Å². The summed E-state index contributed by atoms with van der Waals surface area (Å²) in [6, 6.07) is 8.45. The number of nitrogens with one attached hydrogen (secondary N) is 1. The Morgan fingerprint density at radius 1 is 1.16 bits per heavy atom. The second-order valence-corrected chi connectivity index (χ2v) is 8.07. The summed E-state index contributed by atoms with van der Waals surface area (Å²) >= 11 is 0. The standard InChI is InChI=1S/C21H30N2O2/c1-25-19-7-5-16(6-8-19)17-9-12-23(13-10-17)20(24)21-11-3-2-4-18(21)14-22-15-21/h5-8,17-18,22H,2-4,9-15H2,1H3/t18-,21+/m0/s1. The van der Waals surface area contributed by atoms with Gasteiger partial charge in [0.25, 0.3) is 0 Å². The molecule has 3 aliphatic rings. The molecule has 3 fully saturated rings. The van der Waals surface area contributed by atoms with Crippen LogP contribution in [-0.2, 0) is 4.79 Å². The second kappa shape index (κ2) is 6.99. The topological polar surface area (TPSA) is 41.6 Å². The van der Waals surface area contributed by atoms with Crippen molar-refractivity contribution in [1.29, 1.82) is 0 Å². The number of carbonyl (C=O) groups excluding carboxylic acids is 1. The van der Waals surface area contributed by atoms with Crippen LogP contribution in [0.5, 0.6) is 5.75 Å². The van der Waals surface area contributed by atoms with Crippen LogP contribution in [0.2, 0.25) is 0 Å². The molecule has 0 bridgehead atoms. The zero-order valence-electron chi connectivity index (χ0n) is 15.3. The molecule has 2 heterocycles. The Balaban J connectivity index is 1.40. The van der Waals surface area contributed by atoms with Gasteiger partial charge in [-0.3, -0.25) is 4.79 Å². The van der Waals surface area contributed by atoms with Crippen LogP contribution in [0.1, 0.15) is 50.0 Å². The average molecular weight is 342 g/mol. The highest BCUT2D eigenvalue weighted by molar-refractivity contribution is 5.84. The summed E-state index contributed by atoms with van der Waals surface area (Å²) in [7, 11) is 1.70. The Labute approximate surface area is 150 Å². The summed E-state index contributed by atoms with van der Waals surface area (Å²) in [5.41, 5.74) is 1.29. The van der Waals surface area contributed by atoms with Crippen LogP contribution in [0.15, 0.2) is 24.3 Å². The minimum Gasteiger partial charge on any atom is -0.497 e.